The third-order valence-corrected chi connectivity index (χ3v) is 3.85. The molecule has 2 atom stereocenters. The van der Waals surface area contributed by atoms with E-state index in [9.17, 15) is 26.3 Å². The van der Waals surface area contributed by atoms with Crippen molar-refractivity contribution in [3.05, 3.63) is 59.2 Å². The van der Waals surface area contributed by atoms with Crippen LogP contribution in [0.5, 0.6) is 0 Å². The fourth-order valence-electron chi connectivity index (χ4n) is 2.22. The molecule has 0 aromatic heterocycles. The Labute approximate surface area is 128 Å². The van der Waals surface area contributed by atoms with Gasteiger partial charge in [0, 0.05) is 5.57 Å². The molecule has 7 heteroatoms. The Hall–Kier alpha value is -1.43. The van der Waals surface area contributed by atoms with Crippen molar-refractivity contribution in [2.24, 2.45) is 5.92 Å². The van der Waals surface area contributed by atoms with Gasteiger partial charge in [0.25, 0.3) is 0 Å². The van der Waals surface area contributed by atoms with Crippen molar-refractivity contribution in [3.8, 4) is 0 Å². The molecule has 120 valence electrons. The Morgan fingerprint density at radius 2 is 1.59 bits per heavy atom. The molecule has 0 fully saturated rings. The molecule has 0 amide bonds. The zero-order valence-corrected chi connectivity index (χ0v) is 11.8. The van der Waals surface area contributed by atoms with Gasteiger partial charge in [-0.2, -0.15) is 26.3 Å². The first-order valence-corrected chi connectivity index (χ1v) is 6.78. The smallest absolute Gasteiger partial charge is 0.170 e. The van der Waals surface area contributed by atoms with Gasteiger partial charge >= 0.3 is 12.4 Å². The van der Waals surface area contributed by atoms with Crippen LogP contribution in [-0.2, 0) is 0 Å². The van der Waals surface area contributed by atoms with Crippen LogP contribution >= 0.6 is 11.6 Å². The lowest BCUT2D eigenvalue weighted by Gasteiger charge is -2.26. The van der Waals surface area contributed by atoms with Gasteiger partial charge < -0.3 is 0 Å². The average molecular weight is 341 g/mol. The second-order valence-corrected chi connectivity index (χ2v) is 5.40. The maximum atomic E-state index is 12.9. The molecule has 0 radical (unpaired) electrons. The highest BCUT2D eigenvalue weighted by atomic mass is 35.5. The molecule has 0 aliphatic heterocycles. The van der Waals surface area contributed by atoms with Crippen molar-refractivity contribution in [2.45, 2.75) is 24.2 Å². The molecule has 22 heavy (non-hydrogen) atoms. The summed E-state index contributed by atoms with van der Waals surface area (Å²) in [5, 5.41) is -1.07. The van der Waals surface area contributed by atoms with E-state index in [4.69, 9.17) is 11.6 Å². The van der Waals surface area contributed by atoms with E-state index in [0.29, 0.717) is 11.6 Å². The van der Waals surface area contributed by atoms with Gasteiger partial charge in [-0.1, -0.05) is 36.4 Å². The molecule has 1 aliphatic rings. The van der Waals surface area contributed by atoms with E-state index < -0.39 is 35.6 Å². The SMILES string of the molecule is FC(F)(F)C1=CC(C(Cl)c2ccccc2)=CC(C(F)(F)F)C1. The monoisotopic (exact) mass is 340 g/mol. The molecule has 2 rings (SSSR count). The third-order valence-electron chi connectivity index (χ3n) is 3.34. The predicted molar refractivity (Wildman–Crippen MR) is 71.4 cm³/mol. The molecule has 0 saturated carbocycles. The number of hydrogen-bond donors (Lipinski definition) is 0. The molecule has 0 N–H and O–H groups in total. The van der Waals surface area contributed by atoms with E-state index in [2.05, 4.69) is 0 Å². The van der Waals surface area contributed by atoms with Crippen LogP contribution in [0.2, 0.25) is 0 Å². The summed E-state index contributed by atoms with van der Waals surface area (Å²) in [5.41, 5.74) is -0.960. The summed E-state index contributed by atoms with van der Waals surface area (Å²) >= 11 is 6.07. The highest BCUT2D eigenvalue weighted by Gasteiger charge is 2.45. The number of allylic oxidation sites excluding steroid dienone is 4. The largest absolute Gasteiger partial charge is 0.412 e. The lowest BCUT2D eigenvalue weighted by molar-refractivity contribution is -0.166. The molecular formula is C15H11ClF6. The van der Waals surface area contributed by atoms with Gasteiger partial charge in [0.15, 0.2) is 0 Å². The van der Waals surface area contributed by atoms with Crippen molar-refractivity contribution < 1.29 is 26.3 Å². The minimum Gasteiger partial charge on any atom is -0.170 e. The normalized spacial score (nSPS) is 21.1. The molecule has 0 bridgehead atoms. The van der Waals surface area contributed by atoms with Crippen LogP contribution in [0.1, 0.15) is 17.4 Å². The second kappa shape index (κ2) is 5.99. The summed E-state index contributed by atoms with van der Waals surface area (Å²) in [5.74, 6) is -2.19. The number of benzene rings is 1. The molecule has 0 spiro atoms. The van der Waals surface area contributed by atoms with Crippen molar-refractivity contribution in [3.63, 3.8) is 0 Å². The Kier molecular flexibility index (Phi) is 4.61. The molecule has 1 aliphatic carbocycles. The minimum absolute atomic E-state index is 0.186. The fraction of sp³-hybridized carbons (Fsp3) is 0.333. The maximum absolute atomic E-state index is 12.9. The summed E-state index contributed by atoms with van der Waals surface area (Å²) in [6, 6.07) is 8.01. The van der Waals surface area contributed by atoms with Crippen LogP contribution in [0.4, 0.5) is 26.3 Å². The molecule has 0 saturated heterocycles. The molecular weight excluding hydrogens is 330 g/mol. The summed E-state index contributed by atoms with van der Waals surface area (Å²) in [6.45, 7) is 0. The maximum Gasteiger partial charge on any atom is 0.412 e. The van der Waals surface area contributed by atoms with E-state index in [1.807, 2.05) is 0 Å². The van der Waals surface area contributed by atoms with Crippen LogP contribution < -0.4 is 0 Å². The number of alkyl halides is 7. The first-order chi connectivity index (χ1) is 10.1. The predicted octanol–water partition coefficient (Wildman–Crippen LogP) is 5.96. The lowest BCUT2D eigenvalue weighted by Crippen LogP contribution is -2.28. The molecule has 2 unspecified atom stereocenters. The van der Waals surface area contributed by atoms with Crippen molar-refractivity contribution in [1.29, 1.82) is 0 Å². The van der Waals surface area contributed by atoms with Crippen LogP contribution in [0, 0.1) is 5.92 Å². The van der Waals surface area contributed by atoms with Gasteiger partial charge in [0.05, 0.1) is 11.3 Å². The first kappa shape index (κ1) is 16.9. The van der Waals surface area contributed by atoms with E-state index in [1.54, 1.807) is 30.3 Å². The topological polar surface area (TPSA) is 0 Å². The van der Waals surface area contributed by atoms with Gasteiger partial charge in [0.2, 0.25) is 0 Å². The average Bonchev–Trinajstić information content (AvgIpc) is 2.45. The molecule has 1 aromatic rings. The Bertz CT molecular complexity index is 582. The van der Waals surface area contributed by atoms with Gasteiger partial charge in [-0.05, 0) is 23.6 Å². The van der Waals surface area contributed by atoms with Crippen molar-refractivity contribution >= 4 is 11.6 Å². The lowest BCUT2D eigenvalue weighted by atomic mass is 9.87. The van der Waals surface area contributed by atoms with Crippen LogP contribution in [0.15, 0.2) is 53.6 Å². The van der Waals surface area contributed by atoms with Crippen molar-refractivity contribution in [1.82, 2.24) is 0 Å². The zero-order chi connectivity index (χ0) is 16.5. The fourth-order valence-corrected chi connectivity index (χ4v) is 2.50. The van der Waals surface area contributed by atoms with Crippen LogP contribution in [0.3, 0.4) is 0 Å². The number of hydrogen-bond acceptors (Lipinski definition) is 0. The van der Waals surface area contributed by atoms with Gasteiger partial charge in [0.1, 0.15) is 0 Å². The molecule has 1 aromatic carbocycles. The highest BCUT2D eigenvalue weighted by Crippen LogP contribution is 2.44. The van der Waals surface area contributed by atoms with Crippen molar-refractivity contribution in [2.75, 3.05) is 0 Å². The summed E-state index contributed by atoms with van der Waals surface area (Å²) in [6.07, 6.45) is -9.18. The van der Waals surface area contributed by atoms with Crippen LogP contribution in [-0.4, -0.2) is 12.4 Å². The standard InChI is InChI=1S/C15H11ClF6/c16-13(9-4-2-1-3-5-9)10-6-11(14(17,18)19)8-12(7-10)15(20,21)22/h1-7,11,13H,8H2. The summed E-state index contributed by atoms with van der Waals surface area (Å²) in [7, 11) is 0. The summed E-state index contributed by atoms with van der Waals surface area (Å²) in [4.78, 5) is 0. The second-order valence-electron chi connectivity index (χ2n) is 4.96. The summed E-state index contributed by atoms with van der Waals surface area (Å²) < 4.78 is 77.1. The van der Waals surface area contributed by atoms with E-state index >= 15 is 0 Å². The van der Waals surface area contributed by atoms with Crippen LogP contribution in [0.25, 0.3) is 0 Å². The van der Waals surface area contributed by atoms with Gasteiger partial charge in [-0.3, -0.25) is 0 Å². The Morgan fingerprint density at radius 1 is 1.00 bits per heavy atom. The number of halogens is 7. The highest BCUT2D eigenvalue weighted by molar-refractivity contribution is 6.22. The molecule has 0 nitrogen and oxygen atoms in total. The molecule has 0 heterocycles. The zero-order valence-electron chi connectivity index (χ0n) is 11.0. The van der Waals surface area contributed by atoms with Gasteiger partial charge in [-0.15, -0.1) is 11.6 Å². The number of rotatable bonds is 2. The Morgan fingerprint density at radius 3 is 2.09 bits per heavy atom. The van der Waals surface area contributed by atoms with Gasteiger partial charge in [-0.25, -0.2) is 0 Å². The first-order valence-electron chi connectivity index (χ1n) is 6.34. The minimum atomic E-state index is -4.81. The van der Waals surface area contributed by atoms with E-state index in [-0.39, 0.29) is 5.57 Å². The quantitative estimate of drug-likeness (QED) is 0.460. The van der Waals surface area contributed by atoms with E-state index in [0.717, 1.165) is 6.08 Å². The Balaban J connectivity index is 2.41. The third kappa shape index (κ3) is 3.85. The van der Waals surface area contributed by atoms with E-state index in [1.165, 1.54) is 0 Å².